The highest BCUT2D eigenvalue weighted by Crippen LogP contribution is 2.29. The summed E-state index contributed by atoms with van der Waals surface area (Å²) < 4.78 is 6.17. The van der Waals surface area contributed by atoms with Gasteiger partial charge in [0.1, 0.15) is 11.9 Å². The predicted molar refractivity (Wildman–Crippen MR) is 122 cm³/mol. The lowest BCUT2D eigenvalue weighted by molar-refractivity contribution is -0.136. The molecule has 0 aliphatic carbocycles. The number of carbonyl (C=O) groups excluding carboxylic acids is 2. The Bertz CT molecular complexity index is 909. The Hall–Kier alpha value is -3.00. The van der Waals surface area contributed by atoms with Crippen LogP contribution in [0.25, 0.3) is 0 Å². The Labute approximate surface area is 188 Å². The first-order valence-corrected chi connectivity index (χ1v) is 11.4. The lowest BCUT2D eigenvalue weighted by Gasteiger charge is -2.34. The third kappa shape index (κ3) is 4.91. The molecule has 0 unspecified atom stereocenters. The number of aromatic nitrogens is 2. The van der Waals surface area contributed by atoms with Gasteiger partial charge < -0.3 is 15.0 Å². The van der Waals surface area contributed by atoms with E-state index in [0.29, 0.717) is 18.9 Å². The molecular formula is C24H31N5O3. The zero-order valence-electron chi connectivity index (χ0n) is 18.7. The van der Waals surface area contributed by atoms with Gasteiger partial charge in [-0.3, -0.25) is 14.5 Å². The minimum absolute atomic E-state index is 0.0104. The molecule has 2 fully saturated rings. The van der Waals surface area contributed by atoms with Crippen LogP contribution in [0.3, 0.4) is 0 Å². The lowest BCUT2D eigenvalue weighted by atomic mass is 10.0. The van der Waals surface area contributed by atoms with Crippen LogP contribution in [-0.4, -0.2) is 59.2 Å². The minimum atomic E-state index is -0.0590. The van der Waals surface area contributed by atoms with Crippen LogP contribution in [-0.2, 0) is 9.59 Å². The van der Waals surface area contributed by atoms with E-state index in [2.05, 4.69) is 15.5 Å². The van der Waals surface area contributed by atoms with Crippen LogP contribution < -0.4 is 15.0 Å². The Morgan fingerprint density at radius 1 is 1.19 bits per heavy atom. The van der Waals surface area contributed by atoms with Crippen LogP contribution in [0, 0.1) is 11.8 Å². The number of ether oxygens (including phenoxy) is 1. The lowest BCUT2D eigenvalue weighted by Crippen LogP contribution is -2.51. The standard InChI is InChI=1S/C24H31N5O3/c1-3-17(2)23(30)28-13-10-21(11-14-28)32-20-8-6-19(7-9-20)29(22-5-4-12-26-27-22)24(31)18-15-25-16-18/h4-9,12,17-18,21,25H,3,10-11,13-16H2,1-2H3/t17-/m0/s1. The third-order valence-electron chi connectivity index (χ3n) is 6.32. The van der Waals surface area contributed by atoms with E-state index < -0.39 is 0 Å². The van der Waals surface area contributed by atoms with E-state index >= 15 is 0 Å². The molecule has 0 bridgehead atoms. The van der Waals surface area contributed by atoms with Crippen LogP contribution in [0.1, 0.15) is 33.1 Å². The van der Waals surface area contributed by atoms with Crippen LogP contribution in [0.2, 0.25) is 0 Å². The van der Waals surface area contributed by atoms with Crippen molar-refractivity contribution in [3.63, 3.8) is 0 Å². The molecule has 2 aliphatic rings. The number of hydrogen-bond acceptors (Lipinski definition) is 6. The average molecular weight is 438 g/mol. The zero-order chi connectivity index (χ0) is 22.5. The van der Waals surface area contributed by atoms with Gasteiger partial charge in [-0.2, -0.15) is 5.10 Å². The molecule has 8 heteroatoms. The highest BCUT2D eigenvalue weighted by atomic mass is 16.5. The highest BCUT2D eigenvalue weighted by Gasteiger charge is 2.32. The minimum Gasteiger partial charge on any atom is -0.490 e. The summed E-state index contributed by atoms with van der Waals surface area (Å²) in [6, 6.07) is 11.1. The third-order valence-corrected chi connectivity index (χ3v) is 6.32. The molecule has 170 valence electrons. The van der Waals surface area contributed by atoms with Gasteiger partial charge >= 0.3 is 0 Å². The van der Waals surface area contributed by atoms with E-state index in [1.807, 2.05) is 43.0 Å². The number of amides is 2. The van der Waals surface area contributed by atoms with Crippen molar-refractivity contribution in [2.75, 3.05) is 31.1 Å². The Balaban J connectivity index is 1.40. The number of carbonyl (C=O) groups is 2. The molecule has 32 heavy (non-hydrogen) atoms. The summed E-state index contributed by atoms with van der Waals surface area (Å²) in [5.41, 5.74) is 0.740. The fraction of sp³-hybridized carbons (Fsp3) is 0.500. The van der Waals surface area contributed by atoms with Gasteiger partial charge in [0.2, 0.25) is 11.8 Å². The molecule has 2 aromatic rings. The molecule has 2 saturated heterocycles. The van der Waals surface area contributed by atoms with Gasteiger partial charge in [-0.05, 0) is 42.8 Å². The average Bonchev–Trinajstić information content (AvgIpc) is 2.79. The molecule has 3 heterocycles. The van der Waals surface area contributed by atoms with Gasteiger partial charge in [0, 0.05) is 51.1 Å². The Morgan fingerprint density at radius 3 is 2.47 bits per heavy atom. The summed E-state index contributed by atoms with van der Waals surface area (Å²) in [5, 5.41) is 11.2. The zero-order valence-corrected chi connectivity index (χ0v) is 18.7. The van der Waals surface area contributed by atoms with Gasteiger partial charge in [0.15, 0.2) is 5.82 Å². The van der Waals surface area contributed by atoms with Crippen molar-refractivity contribution < 1.29 is 14.3 Å². The molecule has 1 N–H and O–H groups in total. The van der Waals surface area contributed by atoms with E-state index in [0.717, 1.165) is 43.8 Å². The van der Waals surface area contributed by atoms with Crippen LogP contribution in [0.5, 0.6) is 5.75 Å². The first kappa shape index (κ1) is 22.2. The first-order valence-electron chi connectivity index (χ1n) is 11.4. The van der Waals surface area contributed by atoms with Crippen molar-refractivity contribution in [2.45, 2.75) is 39.2 Å². The fourth-order valence-electron chi connectivity index (χ4n) is 3.98. The molecule has 8 nitrogen and oxygen atoms in total. The monoisotopic (exact) mass is 437 g/mol. The maximum atomic E-state index is 13.0. The molecule has 2 aliphatic heterocycles. The second-order valence-corrected chi connectivity index (χ2v) is 8.56. The molecule has 0 spiro atoms. The van der Waals surface area contributed by atoms with Crippen molar-refractivity contribution in [3.8, 4) is 5.75 Å². The van der Waals surface area contributed by atoms with Crippen LogP contribution in [0.15, 0.2) is 42.6 Å². The molecule has 0 saturated carbocycles. The van der Waals surface area contributed by atoms with E-state index in [4.69, 9.17) is 4.74 Å². The van der Waals surface area contributed by atoms with Crippen molar-refractivity contribution in [2.24, 2.45) is 11.8 Å². The largest absolute Gasteiger partial charge is 0.490 e. The van der Waals surface area contributed by atoms with E-state index in [1.165, 1.54) is 0 Å². The number of anilines is 2. The second kappa shape index (κ2) is 10.1. The number of rotatable bonds is 7. The number of nitrogens with one attached hydrogen (secondary N) is 1. The van der Waals surface area contributed by atoms with Crippen molar-refractivity contribution >= 4 is 23.3 Å². The fourth-order valence-corrected chi connectivity index (χ4v) is 3.98. The molecule has 1 atom stereocenters. The van der Waals surface area contributed by atoms with Crippen molar-refractivity contribution in [1.29, 1.82) is 0 Å². The first-order chi connectivity index (χ1) is 15.6. The quantitative estimate of drug-likeness (QED) is 0.717. The number of likely N-dealkylation sites (tertiary alicyclic amines) is 1. The Morgan fingerprint density at radius 2 is 1.91 bits per heavy atom. The number of piperidine rings is 1. The van der Waals surface area contributed by atoms with Crippen LogP contribution in [0.4, 0.5) is 11.5 Å². The normalized spacial score (nSPS) is 18.0. The molecule has 4 rings (SSSR count). The van der Waals surface area contributed by atoms with Gasteiger partial charge in [0.25, 0.3) is 0 Å². The number of nitrogens with zero attached hydrogens (tertiary/aromatic N) is 4. The van der Waals surface area contributed by atoms with Gasteiger partial charge in [-0.15, -0.1) is 5.10 Å². The molecule has 1 aromatic carbocycles. The highest BCUT2D eigenvalue weighted by molar-refractivity contribution is 6.01. The maximum Gasteiger partial charge on any atom is 0.238 e. The number of hydrogen-bond donors (Lipinski definition) is 1. The smallest absolute Gasteiger partial charge is 0.238 e. The topological polar surface area (TPSA) is 87.7 Å². The maximum absolute atomic E-state index is 13.0. The Kier molecular flexibility index (Phi) is 6.99. The molecular weight excluding hydrogens is 406 g/mol. The van der Waals surface area contributed by atoms with E-state index in [1.54, 1.807) is 23.2 Å². The van der Waals surface area contributed by atoms with Crippen LogP contribution >= 0.6 is 0 Å². The summed E-state index contributed by atoms with van der Waals surface area (Å²) in [7, 11) is 0. The van der Waals surface area contributed by atoms with Crippen molar-refractivity contribution in [1.82, 2.24) is 20.4 Å². The summed E-state index contributed by atoms with van der Waals surface area (Å²) in [6.07, 6.45) is 4.19. The SMILES string of the molecule is CC[C@H](C)C(=O)N1CCC(Oc2ccc(N(C(=O)C3CNC3)c3cccnn3)cc2)CC1. The predicted octanol–water partition coefficient (Wildman–Crippen LogP) is 2.78. The second-order valence-electron chi connectivity index (χ2n) is 8.56. The van der Waals surface area contributed by atoms with E-state index in [-0.39, 0.29) is 29.8 Å². The molecule has 1 aromatic heterocycles. The van der Waals surface area contributed by atoms with Gasteiger partial charge in [0.05, 0.1) is 11.6 Å². The molecule has 2 amide bonds. The van der Waals surface area contributed by atoms with E-state index in [9.17, 15) is 9.59 Å². The van der Waals surface area contributed by atoms with Gasteiger partial charge in [-0.25, -0.2) is 0 Å². The number of benzene rings is 1. The van der Waals surface area contributed by atoms with Crippen molar-refractivity contribution in [3.05, 3.63) is 42.6 Å². The van der Waals surface area contributed by atoms with Gasteiger partial charge in [-0.1, -0.05) is 13.8 Å². The summed E-state index contributed by atoms with van der Waals surface area (Å²) in [4.78, 5) is 29.0. The summed E-state index contributed by atoms with van der Waals surface area (Å²) in [6.45, 7) is 6.85. The summed E-state index contributed by atoms with van der Waals surface area (Å²) in [5.74, 6) is 1.54. The summed E-state index contributed by atoms with van der Waals surface area (Å²) >= 11 is 0. The molecule has 0 radical (unpaired) electrons.